The number of carboxylic acids is 1. The summed E-state index contributed by atoms with van der Waals surface area (Å²) in [6, 6.07) is 12.9. The number of hydrogen-bond donors (Lipinski definition) is 2. The zero-order valence-electron chi connectivity index (χ0n) is 19.0. The molecule has 0 radical (unpaired) electrons. The van der Waals surface area contributed by atoms with Gasteiger partial charge in [0.2, 0.25) is 0 Å². The highest BCUT2D eigenvalue weighted by molar-refractivity contribution is 5.97. The Morgan fingerprint density at radius 2 is 1.74 bits per heavy atom. The highest BCUT2D eigenvalue weighted by atomic mass is 16.5. The number of carboxylic acid groups (broad SMARTS) is 1. The van der Waals surface area contributed by atoms with Crippen LogP contribution in [0.1, 0.15) is 62.0 Å². The number of aryl methyl sites for hydroxylation is 1. The first-order chi connectivity index (χ1) is 14.7. The van der Waals surface area contributed by atoms with E-state index in [0.717, 1.165) is 30.4 Å². The van der Waals surface area contributed by atoms with Crippen molar-refractivity contribution >= 4 is 11.9 Å². The van der Waals surface area contributed by atoms with Crippen LogP contribution in [0.5, 0.6) is 11.5 Å². The second-order valence-corrected chi connectivity index (χ2v) is 8.28. The van der Waals surface area contributed by atoms with E-state index in [0.29, 0.717) is 23.5 Å². The third-order valence-electron chi connectivity index (χ3n) is 5.06. The average molecular weight is 428 g/mol. The highest BCUT2D eigenvalue weighted by Crippen LogP contribution is 2.22. The Kier molecular flexibility index (Phi) is 8.48. The summed E-state index contributed by atoms with van der Waals surface area (Å²) >= 11 is 0. The Hall–Kier alpha value is -3.02. The van der Waals surface area contributed by atoms with Crippen molar-refractivity contribution in [1.82, 2.24) is 5.32 Å². The van der Waals surface area contributed by atoms with Crippen molar-refractivity contribution in [3.8, 4) is 11.5 Å². The second kappa shape index (κ2) is 10.8. The molecule has 0 saturated carbocycles. The maximum absolute atomic E-state index is 12.9. The number of aliphatic carboxylic acids is 1. The van der Waals surface area contributed by atoms with E-state index in [9.17, 15) is 14.7 Å². The Bertz CT molecular complexity index is 889. The minimum absolute atomic E-state index is 0.0984. The van der Waals surface area contributed by atoms with E-state index >= 15 is 0 Å². The average Bonchev–Trinajstić information content (AvgIpc) is 2.73. The molecule has 0 bridgehead atoms. The van der Waals surface area contributed by atoms with Crippen LogP contribution < -0.4 is 14.8 Å². The van der Waals surface area contributed by atoms with Crippen LogP contribution in [0.3, 0.4) is 0 Å². The van der Waals surface area contributed by atoms with Gasteiger partial charge in [0.1, 0.15) is 11.5 Å². The number of hydrogen-bond acceptors (Lipinski definition) is 4. The van der Waals surface area contributed by atoms with Gasteiger partial charge in [0.25, 0.3) is 5.91 Å². The van der Waals surface area contributed by atoms with Crippen LogP contribution in [0, 0.1) is 0 Å². The molecule has 6 nitrogen and oxygen atoms in total. The number of benzene rings is 2. The summed E-state index contributed by atoms with van der Waals surface area (Å²) in [5.41, 5.74) is 1.38. The molecule has 6 heteroatoms. The standard InChI is InChI=1S/C25H33NO5/c1-6-7-8-18-11-14-22(30-5)21(16-18)23(27)26-17(2)15-19-9-12-20(13-10-19)31-25(3,4)24(28)29/h9-14,16-17H,6-8,15H2,1-5H3,(H,26,27)(H,28,29). The molecule has 0 aromatic heterocycles. The minimum Gasteiger partial charge on any atom is -0.496 e. The Morgan fingerprint density at radius 1 is 1.10 bits per heavy atom. The molecule has 1 unspecified atom stereocenters. The lowest BCUT2D eigenvalue weighted by Gasteiger charge is -2.21. The zero-order chi connectivity index (χ0) is 23.0. The second-order valence-electron chi connectivity index (χ2n) is 8.28. The SMILES string of the molecule is CCCCc1ccc(OC)c(C(=O)NC(C)Cc2ccc(OC(C)(C)C(=O)O)cc2)c1. The smallest absolute Gasteiger partial charge is 0.347 e. The van der Waals surface area contributed by atoms with E-state index in [-0.39, 0.29) is 11.9 Å². The summed E-state index contributed by atoms with van der Waals surface area (Å²) in [5, 5.41) is 12.2. The number of unbranched alkanes of at least 4 members (excludes halogenated alkanes) is 1. The van der Waals surface area contributed by atoms with Gasteiger partial charge in [0.15, 0.2) is 5.60 Å². The summed E-state index contributed by atoms with van der Waals surface area (Å²) in [7, 11) is 1.57. The van der Waals surface area contributed by atoms with Gasteiger partial charge < -0.3 is 19.9 Å². The molecule has 2 aromatic carbocycles. The number of methoxy groups -OCH3 is 1. The van der Waals surface area contributed by atoms with Gasteiger partial charge in [0, 0.05) is 6.04 Å². The Morgan fingerprint density at radius 3 is 2.32 bits per heavy atom. The number of ether oxygens (including phenoxy) is 2. The predicted octanol–water partition coefficient (Wildman–Crippen LogP) is 4.64. The topological polar surface area (TPSA) is 84.9 Å². The van der Waals surface area contributed by atoms with Gasteiger partial charge >= 0.3 is 5.97 Å². The fraction of sp³-hybridized carbons (Fsp3) is 0.440. The van der Waals surface area contributed by atoms with Crippen molar-refractivity contribution in [2.24, 2.45) is 0 Å². The van der Waals surface area contributed by atoms with Gasteiger partial charge in [0.05, 0.1) is 12.7 Å². The number of amides is 1. The van der Waals surface area contributed by atoms with Crippen molar-refractivity contribution in [1.29, 1.82) is 0 Å². The van der Waals surface area contributed by atoms with E-state index in [4.69, 9.17) is 9.47 Å². The number of carbonyl (C=O) groups is 2. The van der Waals surface area contributed by atoms with E-state index in [1.807, 2.05) is 37.3 Å². The molecule has 0 saturated heterocycles. The summed E-state index contributed by atoms with van der Waals surface area (Å²) < 4.78 is 10.9. The van der Waals surface area contributed by atoms with Gasteiger partial charge in [-0.25, -0.2) is 4.79 Å². The minimum atomic E-state index is -1.30. The number of carbonyl (C=O) groups excluding carboxylic acids is 1. The van der Waals surface area contributed by atoms with E-state index in [2.05, 4.69) is 12.2 Å². The monoisotopic (exact) mass is 427 g/mol. The summed E-state index contributed by atoms with van der Waals surface area (Å²) in [4.78, 5) is 24.1. The Balaban J connectivity index is 2.01. The quantitative estimate of drug-likeness (QED) is 0.546. The van der Waals surface area contributed by atoms with Gasteiger partial charge in [-0.3, -0.25) is 4.79 Å². The first-order valence-corrected chi connectivity index (χ1v) is 10.7. The number of nitrogens with one attached hydrogen (secondary N) is 1. The first-order valence-electron chi connectivity index (χ1n) is 10.7. The molecule has 0 aliphatic carbocycles. The van der Waals surface area contributed by atoms with Crippen molar-refractivity contribution in [3.63, 3.8) is 0 Å². The molecule has 31 heavy (non-hydrogen) atoms. The molecule has 0 aliphatic rings. The van der Waals surface area contributed by atoms with E-state index < -0.39 is 11.6 Å². The molecule has 168 valence electrons. The highest BCUT2D eigenvalue weighted by Gasteiger charge is 2.29. The molecular formula is C25H33NO5. The van der Waals surface area contributed by atoms with Crippen LogP contribution in [0.15, 0.2) is 42.5 Å². The van der Waals surface area contributed by atoms with Crippen LogP contribution in [0.4, 0.5) is 0 Å². The Labute approximate surface area is 184 Å². The predicted molar refractivity (Wildman–Crippen MR) is 121 cm³/mol. The molecule has 0 fully saturated rings. The zero-order valence-corrected chi connectivity index (χ0v) is 19.0. The molecule has 0 spiro atoms. The number of rotatable bonds is 11. The molecule has 2 rings (SSSR count). The third kappa shape index (κ3) is 7.02. The molecule has 1 atom stereocenters. The van der Waals surface area contributed by atoms with Gasteiger partial charge in [-0.05, 0) is 75.4 Å². The molecule has 2 N–H and O–H groups in total. The fourth-order valence-corrected chi connectivity index (χ4v) is 3.21. The molecule has 2 aromatic rings. The lowest BCUT2D eigenvalue weighted by Crippen LogP contribution is -2.37. The summed E-state index contributed by atoms with van der Waals surface area (Å²) in [6.45, 7) is 7.10. The molecule has 1 amide bonds. The van der Waals surface area contributed by atoms with Gasteiger partial charge in [-0.1, -0.05) is 31.5 Å². The van der Waals surface area contributed by atoms with Crippen LogP contribution in [-0.2, 0) is 17.6 Å². The maximum Gasteiger partial charge on any atom is 0.347 e. The van der Waals surface area contributed by atoms with Gasteiger partial charge in [-0.15, -0.1) is 0 Å². The van der Waals surface area contributed by atoms with E-state index in [1.165, 1.54) is 13.8 Å². The largest absolute Gasteiger partial charge is 0.496 e. The van der Waals surface area contributed by atoms with Crippen LogP contribution in [0.2, 0.25) is 0 Å². The molecule has 0 aliphatic heterocycles. The third-order valence-corrected chi connectivity index (χ3v) is 5.06. The van der Waals surface area contributed by atoms with Crippen molar-refractivity contribution in [2.75, 3.05) is 7.11 Å². The summed E-state index contributed by atoms with van der Waals surface area (Å²) in [5.74, 6) is -0.137. The summed E-state index contributed by atoms with van der Waals surface area (Å²) in [6.07, 6.45) is 3.74. The normalized spacial score (nSPS) is 12.2. The first kappa shape index (κ1) is 24.3. The lowest BCUT2D eigenvalue weighted by atomic mass is 10.0. The van der Waals surface area contributed by atoms with E-state index in [1.54, 1.807) is 19.2 Å². The lowest BCUT2D eigenvalue weighted by molar-refractivity contribution is -0.152. The molecule has 0 heterocycles. The van der Waals surface area contributed by atoms with Crippen molar-refractivity contribution < 1.29 is 24.2 Å². The van der Waals surface area contributed by atoms with Gasteiger partial charge in [-0.2, -0.15) is 0 Å². The fourth-order valence-electron chi connectivity index (χ4n) is 3.21. The van der Waals surface area contributed by atoms with Crippen molar-refractivity contribution in [3.05, 3.63) is 59.2 Å². The van der Waals surface area contributed by atoms with Crippen LogP contribution in [0.25, 0.3) is 0 Å². The van der Waals surface area contributed by atoms with Crippen molar-refractivity contribution in [2.45, 2.75) is 65.0 Å². The molecular weight excluding hydrogens is 394 g/mol. The van der Waals surface area contributed by atoms with Crippen LogP contribution in [-0.4, -0.2) is 35.7 Å². The van der Waals surface area contributed by atoms with Crippen LogP contribution >= 0.6 is 0 Å². The maximum atomic E-state index is 12.9.